The van der Waals surface area contributed by atoms with Crippen molar-refractivity contribution < 1.29 is 9.47 Å². The third-order valence-corrected chi connectivity index (χ3v) is 5.27. The molecule has 1 saturated heterocycles. The molecule has 0 N–H and O–H groups in total. The van der Waals surface area contributed by atoms with Gasteiger partial charge in [-0.05, 0) is 17.7 Å². The third-order valence-electron chi connectivity index (χ3n) is 4.12. The van der Waals surface area contributed by atoms with Gasteiger partial charge in [-0.3, -0.25) is 4.90 Å². The molecule has 24 heavy (non-hydrogen) atoms. The van der Waals surface area contributed by atoms with Gasteiger partial charge in [-0.2, -0.15) is 0 Å². The van der Waals surface area contributed by atoms with Crippen molar-refractivity contribution in [3.05, 3.63) is 40.9 Å². The second-order valence-corrected chi connectivity index (χ2v) is 7.38. The molecule has 1 aliphatic heterocycles. The van der Waals surface area contributed by atoms with Gasteiger partial charge in [0.1, 0.15) is 5.75 Å². The number of hydrogen-bond acceptors (Lipinski definition) is 6. The lowest BCUT2D eigenvalue weighted by Gasteiger charge is -2.32. The molecule has 0 amide bonds. The van der Waals surface area contributed by atoms with E-state index in [0.29, 0.717) is 0 Å². The molecule has 1 atom stereocenters. The highest BCUT2D eigenvalue weighted by atomic mass is 32.1. The quantitative estimate of drug-likeness (QED) is 0.803. The van der Waals surface area contributed by atoms with Crippen molar-refractivity contribution in [3.8, 4) is 5.75 Å². The van der Waals surface area contributed by atoms with Gasteiger partial charge in [0.05, 0.1) is 19.8 Å². The molecule has 6 heteroatoms. The van der Waals surface area contributed by atoms with Crippen molar-refractivity contribution in [3.63, 3.8) is 0 Å². The molecule has 0 unspecified atom stereocenters. The van der Waals surface area contributed by atoms with E-state index < -0.39 is 0 Å². The van der Waals surface area contributed by atoms with E-state index in [0.717, 1.165) is 43.5 Å². The van der Waals surface area contributed by atoms with Gasteiger partial charge in [0.2, 0.25) is 0 Å². The van der Waals surface area contributed by atoms with Crippen molar-refractivity contribution in [2.24, 2.45) is 0 Å². The second-order valence-electron chi connectivity index (χ2n) is 6.29. The van der Waals surface area contributed by atoms with Crippen LogP contribution in [0.4, 0.5) is 5.13 Å². The molecule has 1 aromatic heterocycles. The molecule has 5 nitrogen and oxygen atoms in total. The first-order valence-electron chi connectivity index (χ1n) is 8.23. The fourth-order valence-electron chi connectivity index (χ4n) is 2.91. The van der Waals surface area contributed by atoms with Gasteiger partial charge in [-0.1, -0.05) is 12.1 Å². The van der Waals surface area contributed by atoms with Crippen LogP contribution in [0.15, 0.2) is 30.5 Å². The number of anilines is 1. The summed E-state index contributed by atoms with van der Waals surface area (Å²) in [6, 6.07) is 8.24. The van der Waals surface area contributed by atoms with E-state index in [1.807, 2.05) is 32.4 Å². The summed E-state index contributed by atoms with van der Waals surface area (Å²) >= 11 is 1.76. The minimum atomic E-state index is 0.229. The number of benzene rings is 1. The van der Waals surface area contributed by atoms with Crippen LogP contribution in [0.25, 0.3) is 0 Å². The number of morpholine rings is 1. The van der Waals surface area contributed by atoms with Gasteiger partial charge >= 0.3 is 0 Å². The largest absolute Gasteiger partial charge is 0.497 e. The molecule has 1 aromatic carbocycles. The average Bonchev–Trinajstić information content (AvgIpc) is 3.04. The molecular weight excluding hydrogens is 322 g/mol. The first kappa shape index (κ1) is 17.2. The standard InChI is InChI=1S/C18H25N3O2S/c1-20(2)18-19-11-17(24-18)13-21-7-8-23-16(12-21)10-14-5-4-6-15(9-14)22-3/h4-6,9,11,16H,7-8,10,12-13H2,1-3H3/t16-/m0/s1. The van der Waals surface area contributed by atoms with Crippen LogP contribution >= 0.6 is 11.3 Å². The Labute approximate surface area is 147 Å². The Morgan fingerprint density at radius 2 is 2.29 bits per heavy atom. The van der Waals surface area contributed by atoms with E-state index >= 15 is 0 Å². The number of rotatable bonds is 6. The average molecular weight is 347 g/mol. The molecule has 1 fully saturated rings. The summed E-state index contributed by atoms with van der Waals surface area (Å²) in [5.74, 6) is 0.904. The zero-order valence-corrected chi connectivity index (χ0v) is 15.4. The summed E-state index contributed by atoms with van der Waals surface area (Å²) < 4.78 is 11.3. The highest BCUT2D eigenvalue weighted by Gasteiger charge is 2.21. The lowest BCUT2D eigenvalue weighted by Crippen LogP contribution is -2.42. The van der Waals surface area contributed by atoms with Gasteiger partial charge in [0.25, 0.3) is 0 Å². The van der Waals surface area contributed by atoms with Crippen molar-refractivity contribution in [1.82, 2.24) is 9.88 Å². The van der Waals surface area contributed by atoms with E-state index in [-0.39, 0.29) is 6.10 Å². The van der Waals surface area contributed by atoms with Crippen molar-refractivity contribution in [1.29, 1.82) is 0 Å². The van der Waals surface area contributed by atoms with Crippen LogP contribution in [0.1, 0.15) is 10.4 Å². The molecule has 130 valence electrons. The van der Waals surface area contributed by atoms with Crippen molar-refractivity contribution in [2.75, 3.05) is 45.8 Å². The Morgan fingerprint density at radius 3 is 3.04 bits per heavy atom. The van der Waals surface area contributed by atoms with Gasteiger partial charge in [-0.25, -0.2) is 4.98 Å². The highest BCUT2D eigenvalue weighted by Crippen LogP contribution is 2.23. The normalized spacial score (nSPS) is 18.5. The fourth-order valence-corrected chi connectivity index (χ4v) is 3.78. The molecule has 0 radical (unpaired) electrons. The van der Waals surface area contributed by atoms with E-state index in [9.17, 15) is 0 Å². The Bertz CT molecular complexity index is 659. The topological polar surface area (TPSA) is 37.8 Å². The molecule has 2 heterocycles. The lowest BCUT2D eigenvalue weighted by atomic mass is 10.1. The van der Waals surface area contributed by atoms with E-state index in [1.165, 1.54) is 10.4 Å². The summed E-state index contributed by atoms with van der Waals surface area (Å²) in [7, 11) is 5.76. The molecule has 0 spiro atoms. The SMILES string of the molecule is COc1cccc(C[C@H]2CN(Cc3cnc(N(C)C)s3)CCO2)c1. The maximum Gasteiger partial charge on any atom is 0.185 e. The first-order chi connectivity index (χ1) is 11.6. The predicted molar refractivity (Wildman–Crippen MR) is 98.2 cm³/mol. The van der Waals surface area contributed by atoms with E-state index in [4.69, 9.17) is 9.47 Å². The minimum absolute atomic E-state index is 0.229. The maximum atomic E-state index is 5.96. The highest BCUT2D eigenvalue weighted by molar-refractivity contribution is 7.15. The van der Waals surface area contributed by atoms with Crippen LogP contribution in [0.3, 0.4) is 0 Å². The van der Waals surface area contributed by atoms with Crippen molar-refractivity contribution in [2.45, 2.75) is 19.1 Å². The Balaban J connectivity index is 1.57. The number of aromatic nitrogens is 1. The molecule has 1 aliphatic rings. The maximum absolute atomic E-state index is 5.96. The summed E-state index contributed by atoms with van der Waals surface area (Å²) in [5.41, 5.74) is 1.26. The van der Waals surface area contributed by atoms with Crippen LogP contribution in [-0.2, 0) is 17.7 Å². The van der Waals surface area contributed by atoms with E-state index in [2.05, 4.69) is 26.9 Å². The number of hydrogen-bond donors (Lipinski definition) is 0. The second kappa shape index (κ2) is 7.96. The zero-order chi connectivity index (χ0) is 16.9. The predicted octanol–water partition coefficient (Wildman–Crippen LogP) is 2.66. The van der Waals surface area contributed by atoms with Crippen LogP contribution in [0, 0.1) is 0 Å². The van der Waals surface area contributed by atoms with Crippen LogP contribution in [0.2, 0.25) is 0 Å². The zero-order valence-electron chi connectivity index (χ0n) is 14.6. The fraction of sp³-hybridized carbons (Fsp3) is 0.500. The van der Waals surface area contributed by atoms with Crippen LogP contribution in [0.5, 0.6) is 5.75 Å². The number of thiazole rings is 1. The molecule has 3 rings (SSSR count). The Hall–Kier alpha value is -1.63. The molecule has 0 saturated carbocycles. The number of nitrogens with zero attached hydrogens (tertiary/aromatic N) is 3. The lowest BCUT2D eigenvalue weighted by molar-refractivity contribution is -0.0302. The summed E-state index contributed by atoms with van der Waals surface area (Å²) in [6.45, 7) is 3.66. The van der Waals surface area contributed by atoms with Crippen molar-refractivity contribution >= 4 is 16.5 Å². The van der Waals surface area contributed by atoms with Gasteiger partial charge in [0.15, 0.2) is 5.13 Å². The van der Waals surface area contributed by atoms with Crippen LogP contribution in [-0.4, -0.2) is 56.9 Å². The summed E-state index contributed by atoms with van der Waals surface area (Å²) in [6.07, 6.45) is 3.14. The monoisotopic (exact) mass is 347 g/mol. The van der Waals surface area contributed by atoms with Gasteiger partial charge in [0, 0.05) is 51.2 Å². The van der Waals surface area contributed by atoms with Gasteiger partial charge in [-0.15, -0.1) is 11.3 Å². The Kier molecular flexibility index (Phi) is 5.71. The first-order valence-corrected chi connectivity index (χ1v) is 9.04. The van der Waals surface area contributed by atoms with E-state index in [1.54, 1.807) is 18.4 Å². The third kappa shape index (κ3) is 4.47. The summed E-state index contributed by atoms with van der Waals surface area (Å²) in [5, 5.41) is 1.06. The number of methoxy groups -OCH3 is 1. The smallest absolute Gasteiger partial charge is 0.185 e. The van der Waals surface area contributed by atoms with Crippen LogP contribution < -0.4 is 9.64 Å². The molecule has 2 aromatic rings. The minimum Gasteiger partial charge on any atom is -0.497 e. The summed E-state index contributed by atoms with van der Waals surface area (Å²) in [4.78, 5) is 10.3. The molecular formula is C18H25N3O2S. The van der Waals surface area contributed by atoms with Gasteiger partial charge < -0.3 is 14.4 Å². The Morgan fingerprint density at radius 1 is 1.42 bits per heavy atom. The molecule has 0 bridgehead atoms. The number of ether oxygens (including phenoxy) is 2. The molecule has 0 aliphatic carbocycles.